The minimum atomic E-state index is -0.348. The van der Waals surface area contributed by atoms with Crippen molar-refractivity contribution in [1.82, 2.24) is 19.4 Å². The molecule has 1 saturated heterocycles. The highest BCUT2D eigenvalue weighted by atomic mass is 16.2. The number of hydrogen-bond donors (Lipinski definition) is 0. The first kappa shape index (κ1) is 21.7. The van der Waals surface area contributed by atoms with Crippen LogP contribution in [0.3, 0.4) is 0 Å². The molecular weight excluding hydrogens is 402 g/mol. The molecule has 0 radical (unpaired) electrons. The number of rotatable bonds is 4. The predicted molar refractivity (Wildman–Crippen MR) is 128 cm³/mol. The number of fused-ring (bicyclic) bond motifs is 1. The lowest BCUT2D eigenvalue weighted by atomic mass is 9.98. The lowest BCUT2D eigenvalue weighted by Crippen LogP contribution is -2.54. The van der Waals surface area contributed by atoms with Crippen molar-refractivity contribution in [3.8, 4) is 5.69 Å². The Balaban J connectivity index is 1.89. The zero-order valence-electron chi connectivity index (χ0n) is 19.1. The van der Waals surface area contributed by atoms with Crippen LogP contribution >= 0.6 is 0 Å². The maximum Gasteiger partial charge on any atom is 0.355 e. The van der Waals surface area contributed by atoms with E-state index in [1.165, 1.54) is 6.08 Å². The first-order valence-electron chi connectivity index (χ1n) is 11.0. The molecule has 0 spiro atoms. The molecule has 0 unspecified atom stereocenters. The topological polar surface area (TPSA) is 71.3 Å². The predicted octanol–water partition coefficient (Wildman–Crippen LogP) is 3.44. The number of carbonyl (C=O) groups is 1. The first-order valence-corrected chi connectivity index (χ1v) is 11.0. The number of para-hydroxylation sites is 1. The molecule has 1 aliphatic heterocycles. The molecule has 3 heterocycles. The number of pyridine rings is 1. The van der Waals surface area contributed by atoms with Gasteiger partial charge in [-0.2, -0.15) is 4.98 Å². The van der Waals surface area contributed by atoms with Gasteiger partial charge < -0.3 is 9.80 Å². The molecule has 1 fully saturated rings. The summed E-state index contributed by atoms with van der Waals surface area (Å²) in [5.41, 5.74) is 3.18. The first-order chi connectivity index (χ1) is 15.3. The van der Waals surface area contributed by atoms with E-state index in [1.807, 2.05) is 38.1 Å². The summed E-state index contributed by atoms with van der Waals surface area (Å²) >= 11 is 0. The van der Waals surface area contributed by atoms with Gasteiger partial charge in [0.2, 0.25) is 5.91 Å². The van der Waals surface area contributed by atoms with Gasteiger partial charge in [-0.15, -0.1) is 0 Å². The molecule has 1 aliphatic rings. The Kier molecular flexibility index (Phi) is 5.82. The quantitative estimate of drug-likeness (QED) is 0.592. The van der Waals surface area contributed by atoms with Crippen molar-refractivity contribution in [2.75, 3.05) is 24.5 Å². The van der Waals surface area contributed by atoms with Gasteiger partial charge in [-0.05, 0) is 49.1 Å². The fraction of sp³-hybridized carbons (Fsp3) is 0.360. The molecule has 1 atom stereocenters. The van der Waals surface area contributed by atoms with Gasteiger partial charge in [0, 0.05) is 31.9 Å². The summed E-state index contributed by atoms with van der Waals surface area (Å²) in [7, 11) is 0. The van der Waals surface area contributed by atoms with E-state index in [0.717, 1.165) is 22.2 Å². The molecule has 3 aromatic rings. The molecule has 1 amide bonds. The minimum Gasteiger partial charge on any atom is -0.350 e. The van der Waals surface area contributed by atoms with Crippen molar-refractivity contribution in [2.24, 2.45) is 0 Å². The fourth-order valence-corrected chi connectivity index (χ4v) is 4.52. The van der Waals surface area contributed by atoms with Crippen molar-refractivity contribution < 1.29 is 4.79 Å². The highest BCUT2D eigenvalue weighted by molar-refractivity contribution is 5.89. The molecule has 4 rings (SSSR count). The lowest BCUT2D eigenvalue weighted by molar-refractivity contribution is -0.126. The van der Waals surface area contributed by atoms with Gasteiger partial charge in [-0.1, -0.05) is 38.6 Å². The summed E-state index contributed by atoms with van der Waals surface area (Å²) in [5.74, 6) is 0.783. The summed E-state index contributed by atoms with van der Waals surface area (Å²) in [6.07, 6.45) is 3.05. The van der Waals surface area contributed by atoms with Crippen LogP contribution in [0.5, 0.6) is 0 Å². The van der Waals surface area contributed by atoms with Crippen molar-refractivity contribution in [3.05, 3.63) is 70.8 Å². The maximum absolute atomic E-state index is 13.5. The number of anilines is 1. The van der Waals surface area contributed by atoms with E-state index in [0.29, 0.717) is 31.1 Å². The molecule has 0 bridgehead atoms. The van der Waals surface area contributed by atoms with Gasteiger partial charge in [0.1, 0.15) is 5.82 Å². The molecule has 1 aromatic carbocycles. The minimum absolute atomic E-state index is 0.00323. The number of carbonyl (C=O) groups excluding carboxylic acids is 1. The third-order valence-corrected chi connectivity index (χ3v) is 6.13. The average molecular weight is 432 g/mol. The molecule has 0 saturated carbocycles. The molecule has 7 nitrogen and oxygen atoms in total. The normalized spacial score (nSPS) is 16.6. The van der Waals surface area contributed by atoms with Crippen LogP contribution in [0.4, 0.5) is 5.82 Å². The fourth-order valence-electron chi connectivity index (χ4n) is 4.52. The second-order valence-electron chi connectivity index (χ2n) is 8.63. The van der Waals surface area contributed by atoms with Crippen LogP contribution in [-0.4, -0.2) is 51.0 Å². The molecular formula is C25H29N5O2. The number of benzene rings is 1. The largest absolute Gasteiger partial charge is 0.355 e. The van der Waals surface area contributed by atoms with Crippen LogP contribution in [0.2, 0.25) is 0 Å². The Hall–Kier alpha value is -3.48. The van der Waals surface area contributed by atoms with Gasteiger partial charge in [0.05, 0.1) is 11.1 Å². The zero-order valence-corrected chi connectivity index (χ0v) is 19.1. The molecule has 7 heteroatoms. The summed E-state index contributed by atoms with van der Waals surface area (Å²) in [6.45, 7) is 13.6. The molecule has 0 aliphatic carbocycles. The summed E-state index contributed by atoms with van der Waals surface area (Å²) in [5, 5.41) is 0.820. The highest BCUT2D eigenvalue weighted by Gasteiger charge is 2.29. The highest BCUT2D eigenvalue weighted by Crippen LogP contribution is 2.30. The third kappa shape index (κ3) is 3.68. The molecule has 32 heavy (non-hydrogen) atoms. The monoisotopic (exact) mass is 431 g/mol. The summed E-state index contributed by atoms with van der Waals surface area (Å²) in [4.78, 5) is 38.6. The zero-order chi connectivity index (χ0) is 23.0. The third-order valence-electron chi connectivity index (χ3n) is 6.13. The van der Waals surface area contributed by atoms with Gasteiger partial charge in [0.15, 0.2) is 5.65 Å². The number of hydrogen-bond acceptors (Lipinski definition) is 5. The van der Waals surface area contributed by atoms with E-state index in [1.54, 1.807) is 15.7 Å². The molecule has 0 N–H and O–H groups in total. The number of piperazine rings is 1. The Morgan fingerprint density at radius 1 is 1.22 bits per heavy atom. The Labute approximate surface area is 188 Å². The SMILES string of the molecule is C=CC(=O)N1CCN(c2nc(=O)n(-c3c(C)cccc3C(C)C)c3ncccc23)[C@@H](C)C1. The van der Waals surface area contributed by atoms with E-state index >= 15 is 0 Å². The summed E-state index contributed by atoms with van der Waals surface area (Å²) < 4.78 is 1.64. The second-order valence-corrected chi connectivity index (χ2v) is 8.63. The Morgan fingerprint density at radius 2 is 2.00 bits per heavy atom. The number of nitrogens with zero attached hydrogens (tertiary/aromatic N) is 5. The Morgan fingerprint density at radius 3 is 2.69 bits per heavy atom. The van der Waals surface area contributed by atoms with Gasteiger partial charge in [-0.3, -0.25) is 4.79 Å². The van der Waals surface area contributed by atoms with Crippen molar-refractivity contribution in [1.29, 1.82) is 0 Å². The van der Waals surface area contributed by atoms with Crippen LogP contribution in [0.25, 0.3) is 16.7 Å². The maximum atomic E-state index is 13.5. The van der Waals surface area contributed by atoms with Crippen LogP contribution in [0.15, 0.2) is 54.0 Å². The van der Waals surface area contributed by atoms with Gasteiger partial charge in [0.25, 0.3) is 0 Å². The van der Waals surface area contributed by atoms with Gasteiger partial charge >= 0.3 is 5.69 Å². The van der Waals surface area contributed by atoms with Crippen LogP contribution in [-0.2, 0) is 4.79 Å². The van der Waals surface area contributed by atoms with E-state index in [-0.39, 0.29) is 23.6 Å². The lowest BCUT2D eigenvalue weighted by Gasteiger charge is -2.40. The number of aryl methyl sites for hydroxylation is 1. The smallest absolute Gasteiger partial charge is 0.350 e. The van der Waals surface area contributed by atoms with Crippen molar-refractivity contribution >= 4 is 22.8 Å². The van der Waals surface area contributed by atoms with Crippen molar-refractivity contribution in [2.45, 2.75) is 39.7 Å². The van der Waals surface area contributed by atoms with Crippen LogP contribution < -0.4 is 10.6 Å². The van der Waals surface area contributed by atoms with Crippen molar-refractivity contribution in [3.63, 3.8) is 0 Å². The van der Waals surface area contributed by atoms with E-state index < -0.39 is 0 Å². The van der Waals surface area contributed by atoms with Crippen LogP contribution in [0.1, 0.15) is 37.8 Å². The average Bonchev–Trinajstić information content (AvgIpc) is 2.78. The number of aromatic nitrogens is 3. The number of amides is 1. The van der Waals surface area contributed by atoms with E-state index in [9.17, 15) is 9.59 Å². The van der Waals surface area contributed by atoms with E-state index in [4.69, 9.17) is 0 Å². The van der Waals surface area contributed by atoms with Crippen LogP contribution in [0, 0.1) is 6.92 Å². The molecule has 166 valence electrons. The molecule has 2 aromatic heterocycles. The second kappa shape index (κ2) is 8.57. The Bertz CT molecular complexity index is 1250. The van der Waals surface area contributed by atoms with Gasteiger partial charge in [-0.25, -0.2) is 14.3 Å². The van der Waals surface area contributed by atoms with E-state index in [2.05, 4.69) is 41.4 Å². The summed E-state index contributed by atoms with van der Waals surface area (Å²) in [6, 6.07) is 9.91. The standard InChI is InChI=1S/C25H29N5O2/c1-6-21(31)28-13-14-29(18(5)15-28)24-20-11-8-12-26-23(20)30(25(32)27-24)22-17(4)9-7-10-19(22)16(2)3/h6-12,16,18H,1,13-15H2,2-5H3/t18-/m0/s1.